The minimum absolute atomic E-state index is 0. The molecule has 19 heavy (non-hydrogen) atoms. The van der Waals surface area contributed by atoms with Crippen molar-refractivity contribution >= 4 is 29.1 Å². The Morgan fingerprint density at radius 1 is 1.47 bits per heavy atom. The first-order valence-corrected chi connectivity index (χ1v) is 5.40. The Bertz CT molecular complexity index is 502. The van der Waals surface area contributed by atoms with E-state index in [0.29, 0.717) is 6.08 Å². The van der Waals surface area contributed by atoms with Crippen LogP contribution in [0.15, 0.2) is 24.3 Å². The zero-order chi connectivity index (χ0) is 13.7. The van der Waals surface area contributed by atoms with E-state index in [-0.39, 0.29) is 37.5 Å². The summed E-state index contributed by atoms with van der Waals surface area (Å²) < 4.78 is 17.4. The first kappa shape index (κ1) is 17.7. The molecule has 0 aliphatic carbocycles. The molecule has 0 heterocycles. The van der Waals surface area contributed by atoms with Crippen LogP contribution in [-0.2, 0) is 14.3 Å². The van der Waals surface area contributed by atoms with E-state index in [1.165, 1.54) is 6.07 Å². The maximum atomic E-state index is 13.0. The first-order valence-electron chi connectivity index (χ1n) is 5.02. The molecule has 0 atom stereocenters. The first-order chi connectivity index (χ1) is 8.43. The molecule has 0 radical (unpaired) electrons. The van der Waals surface area contributed by atoms with E-state index in [0.717, 1.165) is 12.1 Å². The molecule has 98 valence electrons. The summed E-state index contributed by atoms with van der Waals surface area (Å²) in [7, 11) is 0. The van der Waals surface area contributed by atoms with Crippen LogP contribution in [0.3, 0.4) is 0 Å². The number of aliphatic hydroxyl groups is 1. The van der Waals surface area contributed by atoms with Crippen LogP contribution >= 0.6 is 11.6 Å². The molecule has 0 unspecified atom stereocenters. The van der Waals surface area contributed by atoms with Gasteiger partial charge in [-0.1, -0.05) is 11.6 Å². The third-order valence-corrected chi connectivity index (χ3v) is 2.12. The maximum absolute atomic E-state index is 13.0. The molecule has 0 fully saturated rings. The zero-order valence-corrected chi connectivity index (χ0v) is 11.2. The number of benzene rings is 1. The third-order valence-electron chi connectivity index (χ3n) is 1.90. The largest absolute Gasteiger partial charge is 1.00 e. The Hall–Kier alpha value is -1.28. The van der Waals surface area contributed by atoms with Crippen LogP contribution in [-0.4, -0.2) is 23.5 Å². The van der Waals surface area contributed by atoms with Gasteiger partial charge in [0.15, 0.2) is 0 Å². The van der Waals surface area contributed by atoms with Crippen LogP contribution < -0.4 is 18.9 Å². The fourth-order valence-corrected chi connectivity index (χ4v) is 1.39. The van der Waals surface area contributed by atoms with Gasteiger partial charge in [0.25, 0.3) is 5.78 Å². The maximum Gasteiger partial charge on any atom is 1.00 e. The molecular formula is C12H11ClFLiO4. The number of carbonyl (C=O) groups is 2. The third kappa shape index (κ3) is 5.47. The summed E-state index contributed by atoms with van der Waals surface area (Å²) in [6, 6.07) is 3.29. The minimum Gasteiger partial charge on any atom is -1.00 e. The van der Waals surface area contributed by atoms with Gasteiger partial charge in [-0.15, -0.1) is 0 Å². The summed E-state index contributed by atoms with van der Waals surface area (Å²) in [5.41, 5.74) is -0.00218. The topological polar surface area (TPSA) is 63.6 Å². The van der Waals surface area contributed by atoms with Crippen molar-refractivity contribution in [3.05, 3.63) is 40.7 Å². The van der Waals surface area contributed by atoms with E-state index in [1.54, 1.807) is 6.92 Å². The number of hydrogen-bond donors (Lipinski definition) is 1. The number of ether oxygens (including phenoxy) is 1. The Balaban J connectivity index is 0. The fraction of sp³-hybridized carbons (Fsp3) is 0.167. The Labute approximate surface area is 127 Å². The van der Waals surface area contributed by atoms with Crippen molar-refractivity contribution in [2.24, 2.45) is 0 Å². The van der Waals surface area contributed by atoms with Gasteiger partial charge in [0.05, 0.1) is 6.61 Å². The number of halogens is 2. The van der Waals surface area contributed by atoms with Gasteiger partial charge in [-0.05, 0) is 25.1 Å². The quantitative estimate of drug-likeness (QED) is 0.269. The van der Waals surface area contributed by atoms with Crippen molar-refractivity contribution in [1.82, 2.24) is 0 Å². The number of carbonyl (C=O) groups excluding carboxylic acids is 2. The molecule has 0 amide bonds. The van der Waals surface area contributed by atoms with Crippen LogP contribution in [0, 0.1) is 5.82 Å². The number of rotatable bonds is 4. The summed E-state index contributed by atoms with van der Waals surface area (Å²) in [5.74, 6) is -3.35. The molecule has 1 aromatic rings. The van der Waals surface area contributed by atoms with E-state index in [9.17, 15) is 19.1 Å². The minimum atomic E-state index is -1.09. The van der Waals surface area contributed by atoms with Crippen molar-refractivity contribution in [3.63, 3.8) is 0 Å². The Morgan fingerprint density at radius 2 is 2.11 bits per heavy atom. The normalized spacial score (nSPS) is 10.6. The summed E-state index contributed by atoms with van der Waals surface area (Å²) in [6.45, 7) is 1.59. The van der Waals surface area contributed by atoms with E-state index in [1.807, 2.05) is 0 Å². The van der Waals surface area contributed by atoms with Crippen molar-refractivity contribution in [2.45, 2.75) is 6.92 Å². The van der Waals surface area contributed by atoms with Gasteiger partial charge in [-0.2, -0.15) is 0 Å². The second-order valence-corrected chi connectivity index (χ2v) is 3.71. The van der Waals surface area contributed by atoms with Gasteiger partial charge in [0, 0.05) is 16.7 Å². The van der Waals surface area contributed by atoms with Gasteiger partial charge in [0.2, 0.25) is 0 Å². The molecule has 0 saturated carbocycles. The molecule has 1 rings (SSSR count). The van der Waals surface area contributed by atoms with Gasteiger partial charge in [0.1, 0.15) is 11.6 Å². The molecule has 0 bridgehead atoms. The summed E-state index contributed by atoms with van der Waals surface area (Å²) >= 11 is 5.59. The van der Waals surface area contributed by atoms with Crippen LogP contribution in [0.2, 0.25) is 5.02 Å². The summed E-state index contributed by atoms with van der Waals surface area (Å²) in [4.78, 5) is 22.3. The number of hydrogen-bond acceptors (Lipinski definition) is 4. The van der Waals surface area contributed by atoms with Gasteiger partial charge >= 0.3 is 24.8 Å². The number of esters is 1. The monoisotopic (exact) mass is 280 g/mol. The Morgan fingerprint density at radius 3 is 2.63 bits per heavy atom. The van der Waals surface area contributed by atoms with Crippen LogP contribution in [0.4, 0.5) is 4.39 Å². The van der Waals surface area contributed by atoms with Crippen molar-refractivity contribution < 1.29 is 44.1 Å². The second-order valence-electron chi connectivity index (χ2n) is 3.27. The molecule has 0 aliphatic rings. The van der Waals surface area contributed by atoms with Crippen LogP contribution in [0.25, 0.3) is 5.76 Å². The smallest absolute Gasteiger partial charge is 1.00 e. The van der Waals surface area contributed by atoms with Crippen LogP contribution in [0.5, 0.6) is 0 Å². The van der Waals surface area contributed by atoms with E-state index in [2.05, 4.69) is 4.74 Å². The summed E-state index contributed by atoms with van der Waals surface area (Å²) in [6.07, 6.45) is 0.656. The predicted octanol–water partition coefficient (Wildman–Crippen LogP) is -0.373. The standard InChI is InChI=1S/C12H10ClFO4.Li.H/c1-2-18-12(17)11(16)6-10(15)7-3-8(13)5-9(14)4-7;;/h3-6,15H,2H2,1H3;;/q;+1;-1. The molecule has 4 nitrogen and oxygen atoms in total. The van der Waals surface area contributed by atoms with Crippen molar-refractivity contribution in [1.29, 1.82) is 0 Å². The molecule has 0 saturated heterocycles. The van der Waals surface area contributed by atoms with Gasteiger partial charge < -0.3 is 11.3 Å². The number of aliphatic hydroxyl groups excluding tert-OH is 1. The molecule has 1 N–H and O–H groups in total. The Kier molecular flexibility index (Phi) is 7.46. The van der Waals surface area contributed by atoms with Gasteiger partial charge in [-0.3, -0.25) is 4.79 Å². The van der Waals surface area contributed by atoms with E-state index < -0.39 is 23.3 Å². The SMILES string of the molecule is CCOC(=O)C(=O)C=C(O)c1cc(F)cc(Cl)c1.[H-].[Li+]. The predicted molar refractivity (Wildman–Crippen MR) is 64.8 cm³/mol. The van der Waals surface area contributed by atoms with Crippen molar-refractivity contribution in [3.8, 4) is 0 Å². The van der Waals surface area contributed by atoms with Crippen molar-refractivity contribution in [2.75, 3.05) is 6.61 Å². The zero-order valence-electron chi connectivity index (χ0n) is 11.4. The molecular weight excluding hydrogens is 270 g/mol. The average molecular weight is 281 g/mol. The molecule has 0 aromatic heterocycles. The molecule has 1 aromatic carbocycles. The molecule has 7 heteroatoms. The van der Waals surface area contributed by atoms with E-state index >= 15 is 0 Å². The molecule has 0 spiro atoms. The molecule has 0 aliphatic heterocycles. The summed E-state index contributed by atoms with van der Waals surface area (Å²) in [5, 5.41) is 9.63. The second kappa shape index (κ2) is 8.00. The van der Waals surface area contributed by atoms with E-state index in [4.69, 9.17) is 11.6 Å². The fourth-order valence-electron chi connectivity index (χ4n) is 1.17. The van der Waals surface area contributed by atoms with Crippen LogP contribution in [0.1, 0.15) is 13.9 Å². The number of ketones is 1. The van der Waals surface area contributed by atoms with Gasteiger partial charge in [-0.25, -0.2) is 9.18 Å². The average Bonchev–Trinajstić information content (AvgIpc) is 2.27.